The van der Waals surface area contributed by atoms with E-state index in [1.54, 1.807) is 0 Å². The summed E-state index contributed by atoms with van der Waals surface area (Å²) in [6, 6.07) is 6.72. The van der Waals surface area contributed by atoms with Gasteiger partial charge in [-0.2, -0.15) is 0 Å². The molecule has 6 rings (SSSR count). The van der Waals surface area contributed by atoms with Gasteiger partial charge in [0.2, 0.25) is 5.91 Å². The Bertz CT molecular complexity index is 831. The van der Waals surface area contributed by atoms with Gasteiger partial charge in [-0.15, -0.1) is 0 Å². The minimum atomic E-state index is 0.216. The summed E-state index contributed by atoms with van der Waals surface area (Å²) in [4.78, 5) is 18.6. The highest BCUT2D eigenvalue weighted by atomic mass is 16.2. The van der Waals surface area contributed by atoms with Crippen molar-refractivity contribution in [2.24, 2.45) is 5.92 Å². The topological polar surface area (TPSA) is 36.1 Å². The van der Waals surface area contributed by atoms with E-state index in [9.17, 15) is 4.79 Å². The molecular weight excluding hydrogens is 272 g/mol. The SMILES string of the molecule is C=C1CC2CC3c4[nH]c5ccc(C)cc5c4CC(=O)N(C2)C13. The number of nitrogens with zero attached hydrogens (tertiary/aromatic N) is 1. The molecule has 3 fully saturated rings. The number of aromatic nitrogens is 1. The van der Waals surface area contributed by atoms with Crippen molar-refractivity contribution in [1.82, 2.24) is 9.88 Å². The molecule has 3 atom stereocenters. The third-order valence-electron chi connectivity index (χ3n) is 5.84. The minimum absolute atomic E-state index is 0.216. The maximum atomic E-state index is 12.8. The molecule has 1 aliphatic carbocycles. The summed E-state index contributed by atoms with van der Waals surface area (Å²) in [5.74, 6) is 1.28. The Balaban J connectivity index is 1.78. The smallest absolute Gasteiger partial charge is 0.227 e. The van der Waals surface area contributed by atoms with Crippen LogP contribution in [-0.4, -0.2) is 28.4 Å². The quantitative estimate of drug-likeness (QED) is 0.743. The van der Waals surface area contributed by atoms with Gasteiger partial charge in [-0.05, 0) is 43.4 Å². The maximum absolute atomic E-state index is 12.8. The number of H-pyrrole nitrogens is 1. The van der Waals surface area contributed by atoms with Crippen LogP contribution in [0.1, 0.15) is 35.6 Å². The van der Waals surface area contributed by atoms with Crippen LogP contribution in [0.4, 0.5) is 0 Å². The Morgan fingerprint density at radius 1 is 1.36 bits per heavy atom. The molecule has 3 nitrogen and oxygen atoms in total. The molecule has 1 aromatic heterocycles. The van der Waals surface area contributed by atoms with Crippen molar-refractivity contribution in [3.63, 3.8) is 0 Å². The van der Waals surface area contributed by atoms with Crippen molar-refractivity contribution >= 4 is 16.8 Å². The lowest BCUT2D eigenvalue weighted by Crippen LogP contribution is -2.54. The normalized spacial score (nSPS) is 29.9. The van der Waals surface area contributed by atoms with E-state index in [-0.39, 0.29) is 11.9 Å². The lowest BCUT2D eigenvalue weighted by Gasteiger charge is -2.50. The fourth-order valence-electron chi connectivity index (χ4n) is 4.99. The van der Waals surface area contributed by atoms with E-state index in [1.807, 2.05) is 0 Å². The van der Waals surface area contributed by atoms with Gasteiger partial charge in [-0.3, -0.25) is 4.79 Å². The van der Waals surface area contributed by atoms with Crippen molar-refractivity contribution < 1.29 is 4.79 Å². The third-order valence-corrected chi connectivity index (χ3v) is 5.84. The zero-order valence-electron chi connectivity index (χ0n) is 12.9. The molecule has 2 saturated heterocycles. The zero-order valence-corrected chi connectivity index (χ0v) is 12.9. The first-order chi connectivity index (χ1) is 10.6. The van der Waals surface area contributed by atoms with Crippen LogP contribution in [0.2, 0.25) is 0 Å². The molecule has 2 aromatic rings. The monoisotopic (exact) mass is 292 g/mol. The van der Waals surface area contributed by atoms with Gasteiger partial charge < -0.3 is 9.88 Å². The summed E-state index contributed by atoms with van der Waals surface area (Å²) in [5.41, 5.74) is 6.20. The average molecular weight is 292 g/mol. The molecule has 1 aromatic carbocycles. The minimum Gasteiger partial charge on any atom is -0.358 e. The highest BCUT2D eigenvalue weighted by Gasteiger charge is 2.48. The van der Waals surface area contributed by atoms with Gasteiger partial charge in [0.25, 0.3) is 0 Å². The van der Waals surface area contributed by atoms with Crippen LogP contribution >= 0.6 is 0 Å². The van der Waals surface area contributed by atoms with Gasteiger partial charge in [-0.1, -0.05) is 23.8 Å². The molecule has 3 aliphatic heterocycles. The fourth-order valence-corrected chi connectivity index (χ4v) is 4.99. The Morgan fingerprint density at radius 3 is 3.05 bits per heavy atom. The largest absolute Gasteiger partial charge is 0.358 e. The Labute approximate surface area is 130 Å². The maximum Gasteiger partial charge on any atom is 0.227 e. The third kappa shape index (κ3) is 1.49. The second-order valence-electron chi connectivity index (χ2n) is 7.30. The number of aryl methyl sites for hydroxylation is 1. The number of nitrogens with one attached hydrogen (secondary N) is 1. The van der Waals surface area contributed by atoms with Crippen LogP contribution in [0, 0.1) is 12.8 Å². The summed E-state index contributed by atoms with van der Waals surface area (Å²) >= 11 is 0. The molecule has 4 aliphatic rings. The first-order valence-corrected chi connectivity index (χ1v) is 8.20. The van der Waals surface area contributed by atoms with Crippen molar-refractivity contribution in [3.05, 3.63) is 47.2 Å². The lowest BCUT2D eigenvalue weighted by molar-refractivity contribution is -0.135. The number of carbonyl (C=O) groups is 1. The lowest BCUT2D eigenvalue weighted by atomic mass is 9.69. The first-order valence-electron chi connectivity index (χ1n) is 8.20. The van der Waals surface area contributed by atoms with Crippen molar-refractivity contribution in [1.29, 1.82) is 0 Å². The van der Waals surface area contributed by atoms with Gasteiger partial charge in [0.1, 0.15) is 0 Å². The number of amides is 1. The van der Waals surface area contributed by atoms with Gasteiger partial charge in [0, 0.05) is 29.1 Å². The number of aromatic amines is 1. The number of fused-ring (bicyclic) bond motifs is 4. The fraction of sp³-hybridized carbons (Fsp3) is 0.421. The van der Waals surface area contributed by atoms with Gasteiger partial charge in [0.05, 0.1) is 12.5 Å². The molecule has 3 heteroatoms. The van der Waals surface area contributed by atoms with E-state index in [4.69, 9.17) is 0 Å². The Hall–Kier alpha value is -2.03. The van der Waals surface area contributed by atoms with Crippen LogP contribution in [0.3, 0.4) is 0 Å². The molecule has 4 bridgehead atoms. The molecule has 1 amide bonds. The number of rotatable bonds is 0. The standard InChI is InChI=1S/C19H20N2O/c1-10-3-4-16-13(5-10)14-8-17(22)21-9-12-6-11(2)19(21)15(7-12)18(14)20-16/h3-5,12,15,19-20H,2,6-9H2,1H3. The Morgan fingerprint density at radius 2 is 2.23 bits per heavy atom. The second-order valence-corrected chi connectivity index (χ2v) is 7.30. The summed E-state index contributed by atoms with van der Waals surface area (Å²) in [7, 11) is 0. The van der Waals surface area contributed by atoms with Crippen LogP contribution in [0.5, 0.6) is 0 Å². The van der Waals surface area contributed by atoms with E-state index < -0.39 is 0 Å². The van der Waals surface area contributed by atoms with Gasteiger partial charge >= 0.3 is 0 Å². The van der Waals surface area contributed by atoms with E-state index in [0.717, 1.165) is 13.0 Å². The molecule has 0 spiro atoms. The summed E-state index contributed by atoms with van der Waals surface area (Å²) in [6.45, 7) is 7.33. The highest BCUT2D eigenvalue weighted by Crippen LogP contribution is 2.49. The second kappa shape index (κ2) is 4.03. The molecule has 0 radical (unpaired) electrons. The number of benzene rings is 1. The van der Waals surface area contributed by atoms with Crippen LogP contribution in [0.25, 0.3) is 10.9 Å². The number of hydrogen-bond acceptors (Lipinski definition) is 1. The van der Waals surface area contributed by atoms with Crippen LogP contribution < -0.4 is 0 Å². The van der Waals surface area contributed by atoms with Crippen LogP contribution in [-0.2, 0) is 11.2 Å². The van der Waals surface area contributed by atoms with Crippen LogP contribution in [0.15, 0.2) is 30.4 Å². The molecule has 1 N–H and O–H groups in total. The van der Waals surface area contributed by atoms with Crippen molar-refractivity contribution in [2.75, 3.05) is 6.54 Å². The molecular formula is C19H20N2O. The Kier molecular flexibility index (Phi) is 2.29. The van der Waals surface area contributed by atoms with E-state index in [0.29, 0.717) is 18.3 Å². The molecule has 4 heterocycles. The number of carbonyl (C=O) groups excluding carboxylic acids is 1. The highest BCUT2D eigenvalue weighted by molar-refractivity contribution is 5.92. The summed E-state index contributed by atoms with van der Waals surface area (Å²) < 4.78 is 0. The summed E-state index contributed by atoms with van der Waals surface area (Å²) in [5, 5.41) is 1.23. The predicted molar refractivity (Wildman–Crippen MR) is 86.8 cm³/mol. The van der Waals surface area contributed by atoms with Gasteiger partial charge in [-0.25, -0.2) is 0 Å². The average Bonchev–Trinajstić information content (AvgIpc) is 2.81. The number of piperidine rings is 2. The number of hydrogen-bond donors (Lipinski definition) is 1. The zero-order chi connectivity index (χ0) is 15.0. The molecule has 3 unspecified atom stereocenters. The predicted octanol–water partition coefficient (Wildman–Crippen LogP) is 3.29. The summed E-state index contributed by atoms with van der Waals surface area (Å²) in [6.07, 6.45) is 2.82. The molecule has 22 heavy (non-hydrogen) atoms. The van der Waals surface area contributed by atoms with E-state index in [1.165, 1.54) is 39.7 Å². The van der Waals surface area contributed by atoms with E-state index in [2.05, 4.69) is 41.6 Å². The van der Waals surface area contributed by atoms with Gasteiger partial charge in [0.15, 0.2) is 0 Å². The molecule has 1 saturated carbocycles. The van der Waals surface area contributed by atoms with Crippen molar-refractivity contribution in [3.8, 4) is 0 Å². The van der Waals surface area contributed by atoms with Crippen molar-refractivity contribution in [2.45, 2.75) is 38.1 Å². The van der Waals surface area contributed by atoms with E-state index >= 15 is 0 Å². The first kappa shape index (κ1) is 12.5. The molecule has 112 valence electrons.